The van der Waals surface area contributed by atoms with Crippen molar-refractivity contribution in [1.29, 1.82) is 0 Å². The second-order valence-corrected chi connectivity index (χ2v) is 5.63. The predicted octanol–water partition coefficient (Wildman–Crippen LogP) is 4.39. The summed E-state index contributed by atoms with van der Waals surface area (Å²) >= 11 is 0. The first-order valence-corrected chi connectivity index (χ1v) is 7.36. The molecule has 2 rings (SSSR count). The summed E-state index contributed by atoms with van der Waals surface area (Å²) in [5, 5.41) is 10.0. The highest BCUT2D eigenvalue weighted by atomic mass is 16.3. The minimum atomic E-state index is 0.00982. The van der Waals surface area contributed by atoms with Crippen LogP contribution in [0.15, 0.2) is 0 Å². The van der Waals surface area contributed by atoms with E-state index in [1.54, 1.807) is 0 Å². The van der Waals surface area contributed by atoms with Crippen molar-refractivity contribution >= 4 is 0 Å². The van der Waals surface area contributed by atoms with Gasteiger partial charge in [0.2, 0.25) is 0 Å². The second-order valence-electron chi connectivity index (χ2n) is 5.63. The van der Waals surface area contributed by atoms with E-state index in [1.807, 2.05) is 13.8 Å². The first-order valence-electron chi connectivity index (χ1n) is 7.36. The van der Waals surface area contributed by atoms with Gasteiger partial charge >= 0.3 is 0 Å². The third-order valence-corrected chi connectivity index (χ3v) is 4.92. The Kier molecular flexibility index (Phi) is 5.30. The molecule has 0 amide bonds. The third kappa shape index (κ3) is 2.45. The lowest BCUT2D eigenvalue weighted by molar-refractivity contribution is -0.0183. The van der Waals surface area contributed by atoms with Crippen LogP contribution in [0.25, 0.3) is 0 Å². The maximum absolute atomic E-state index is 10.0. The van der Waals surface area contributed by atoms with Crippen LogP contribution in [0, 0.1) is 17.3 Å². The standard InChI is InChI=1S/C13H24O.C2H6/c1-3-5-10-7-8-11-12(14)6-4-9-13(10,11)2;1-2/h10-12,14H,3-9H2,1-2H3;1-2H3/t10?,11-,12-,13+;/m0./s1. The lowest BCUT2D eigenvalue weighted by Gasteiger charge is -2.43. The molecule has 1 heteroatoms. The number of aliphatic hydroxyl groups excluding tert-OH is 1. The fraction of sp³-hybridized carbons (Fsp3) is 1.00. The minimum absolute atomic E-state index is 0.00982. The molecular weight excluding hydrogens is 196 g/mol. The Morgan fingerprint density at radius 3 is 2.50 bits per heavy atom. The van der Waals surface area contributed by atoms with E-state index in [0.29, 0.717) is 11.3 Å². The molecule has 0 aliphatic heterocycles. The number of rotatable bonds is 2. The second kappa shape index (κ2) is 6.05. The maximum atomic E-state index is 10.0. The summed E-state index contributed by atoms with van der Waals surface area (Å²) in [5.41, 5.74) is 0.480. The Bertz CT molecular complexity index is 202. The Balaban J connectivity index is 0.000000606. The van der Waals surface area contributed by atoms with Crippen LogP contribution in [0.1, 0.15) is 72.6 Å². The van der Waals surface area contributed by atoms with E-state index in [1.165, 1.54) is 38.5 Å². The number of hydrogen-bond donors (Lipinski definition) is 1. The molecule has 96 valence electrons. The van der Waals surface area contributed by atoms with E-state index in [0.717, 1.165) is 12.3 Å². The van der Waals surface area contributed by atoms with Gasteiger partial charge in [-0.25, -0.2) is 0 Å². The van der Waals surface area contributed by atoms with Crippen molar-refractivity contribution in [3.63, 3.8) is 0 Å². The predicted molar refractivity (Wildman–Crippen MR) is 70.4 cm³/mol. The molecular formula is C15H30O. The third-order valence-electron chi connectivity index (χ3n) is 4.92. The normalized spacial score (nSPS) is 42.2. The zero-order valence-electron chi connectivity index (χ0n) is 11.6. The van der Waals surface area contributed by atoms with Gasteiger partial charge in [-0.05, 0) is 42.9 Å². The van der Waals surface area contributed by atoms with Crippen molar-refractivity contribution in [2.24, 2.45) is 17.3 Å². The lowest BCUT2D eigenvalue weighted by atomic mass is 9.63. The van der Waals surface area contributed by atoms with Gasteiger partial charge in [0.15, 0.2) is 0 Å². The first kappa shape index (κ1) is 14.0. The first-order chi connectivity index (χ1) is 7.68. The van der Waals surface area contributed by atoms with Crippen LogP contribution < -0.4 is 0 Å². The molecule has 2 saturated carbocycles. The van der Waals surface area contributed by atoms with E-state index >= 15 is 0 Å². The number of hydrogen-bond acceptors (Lipinski definition) is 1. The summed E-state index contributed by atoms with van der Waals surface area (Å²) < 4.78 is 0. The Labute approximate surface area is 102 Å². The van der Waals surface area contributed by atoms with Crippen molar-refractivity contribution in [1.82, 2.24) is 0 Å². The average Bonchev–Trinajstić information content (AvgIpc) is 2.61. The summed E-state index contributed by atoms with van der Waals surface area (Å²) in [5.74, 6) is 1.51. The molecule has 2 aliphatic rings. The number of aliphatic hydroxyl groups is 1. The minimum Gasteiger partial charge on any atom is -0.393 e. The van der Waals surface area contributed by atoms with Gasteiger partial charge in [-0.2, -0.15) is 0 Å². The fourth-order valence-corrected chi connectivity index (χ4v) is 4.08. The molecule has 0 bridgehead atoms. The van der Waals surface area contributed by atoms with Gasteiger partial charge in [0.1, 0.15) is 0 Å². The van der Waals surface area contributed by atoms with E-state index in [2.05, 4.69) is 13.8 Å². The van der Waals surface area contributed by atoms with Crippen LogP contribution in [0.4, 0.5) is 0 Å². The molecule has 1 N–H and O–H groups in total. The highest BCUT2D eigenvalue weighted by Crippen LogP contribution is 2.56. The molecule has 0 heterocycles. The van der Waals surface area contributed by atoms with Gasteiger partial charge in [0, 0.05) is 0 Å². The van der Waals surface area contributed by atoms with Crippen LogP contribution in [0.5, 0.6) is 0 Å². The Hall–Kier alpha value is -0.0400. The van der Waals surface area contributed by atoms with Crippen molar-refractivity contribution in [2.75, 3.05) is 0 Å². The number of fused-ring (bicyclic) bond motifs is 1. The topological polar surface area (TPSA) is 20.2 Å². The highest BCUT2D eigenvalue weighted by Gasteiger charge is 2.50. The van der Waals surface area contributed by atoms with Gasteiger partial charge in [0.05, 0.1) is 6.10 Å². The molecule has 16 heavy (non-hydrogen) atoms. The molecule has 0 spiro atoms. The Morgan fingerprint density at radius 2 is 1.88 bits per heavy atom. The monoisotopic (exact) mass is 226 g/mol. The zero-order valence-corrected chi connectivity index (χ0v) is 11.6. The van der Waals surface area contributed by atoms with Gasteiger partial charge in [-0.3, -0.25) is 0 Å². The molecule has 0 aromatic heterocycles. The van der Waals surface area contributed by atoms with E-state index in [9.17, 15) is 5.11 Å². The van der Waals surface area contributed by atoms with Crippen LogP contribution >= 0.6 is 0 Å². The van der Waals surface area contributed by atoms with Gasteiger partial charge in [0.25, 0.3) is 0 Å². The fourth-order valence-electron chi connectivity index (χ4n) is 4.08. The van der Waals surface area contributed by atoms with Crippen molar-refractivity contribution in [3.05, 3.63) is 0 Å². The van der Waals surface area contributed by atoms with Crippen molar-refractivity contribution in [3.8, 4) is 0 Å². The molecule has 4 atom stereocenters. The zero-order chi connectivity index (χ0) is 12.2. The SMILES string of the molecule is CC.CCCC1CC[C@H]2[C@@H](O)CCC[C@]12C. The molecule has 2 fully saturated rings. The molecule has 1 unspecified atom stereocenters. The lowest BCUT2D eigenvalue weighted by Crippen LogP contribution is -2.39. The largest absolute Gasteiger partial charge is 0.393 e. The van der Waals surface area contributed by atoms with Crippen LogP contribution in [-0.2, 0) is 0 Å². The summed E-state index contributed by atoms with van der Waals surface area (Å²) in [7, 11) is 0. The van der Waals surface area contributed by atoms with Gasteiger partial charge < -0.3 is 5.11 Å². The quantitative estimate of drug-likeness (QED) is 0.740. The highest BCUT2D eigenvalue weighted by molar-refractivity contribution is 4.99. The molecule has 2 aliphatic carbocycles. The Morgan fingerprint density at radius 1 is 1.19 bits per heavy atom. The van der Waals surface area contributed by atoms with E-state index < -0.39 is 0 Å². The summed E-state index contributed by atoms with van der Waals surface area (Å²) in [6, 6.07) is 0. The summed E-state index contributed by atoms with van der Waals surface area (Å²) in [6.07, 6.45) is 9.00. The molecule has 0 saturated heterocycles. The van der Waals surface area contributed by atoms with Crippen LogP contribution in [-0.4, -0.2) is 11.2 Å². The summed E-state index contributed by atoms with van der Waals surface area (Å²) in [6.45, 7) is 8.73. The van der Waals surface area contributed by atoms with Crippen molar-refractivity contribution in [2.45, 2.75) is 78.7 Å². The molecule has 0 aromatic carbocycles. The molecule has 0 aromatic rings. The van der Waals surface area contributed by atoms with Crippen LogP contribution in [0.3, 0.4) is 0 Å². The van der Waals surface area contributed by atoms with E-state index in [-0.39, 0.29) is 6.10 Å². The molecule has 0 radical (unpaired) electrons. The van der Waals surface area contributed by atoms with E-state index in [4.69, 9.17) is 0 Å². The average molecular weight is 226 g/mol. The molecule has 1 nitrogen and oxygen atoms in total. The van der Waals surface area contributed by atoms with Gasteiger partial charge in [-0.15, -0.1) is 0 Å². The van der Waals surface area contributed by atoms with Crippen molar-refractivity contribution < 1.29 is 5.11 Å². The van der Waals surface area contributed by atoms with Gasteiger partial charge in [-0.1, -0.05) is 47.0 Å². The van der Waals surface area contributed by atoms with Crippen LogP contribution in [0.2, 0.25) is 0 Å². The smallest absolute Gasteiger partial charge is 0.0573 e. The maximum Gasteiger partial charge on any atom is 0.0573 e. The summed E-state index contributed by atoms with van der Waals surface area (Å²) in [4.78, 5) is 0.